The van der Waals surface area contributed by atoms with E-state index in [1.807, 2.05) is 14.1 Å². The van der Waals surface area contributed by atoms with Crippen LogP contribution in [0.3, 0.4) is 0 Å². The molecule has 0 aromatic carbocycles. The Morgan fingerprint density at radius 3 is 2.15 bits per heavy atom. The van der Waals surface area contributed by atoms with Gasteiger partial charge in [0.15, 0.2) is 0 Å². The average Bonchev–Trinajstić information content (AvgIpc) is 1.97. The lowest BCUT2D eigenvalue weighted by molar-refractivity contribution is -0.0705. The van der Waals surface area contributed by atoms with E-state index in [9.17, 15) is 9.90 Å². The van der Waals surface area contributed by atoms with Crippen LogP contribution in [0.1, 0.15) is 12.8 Å². The minimum Gasteiger partial charge on any atom is -0.393 e. The van der Waals surface area contributed by atoms with E-state index in [0.717, 1.165) is 25.9 Å². The predicted molar refractivity (Wildman–Crippen MR) is 48.3 cm³/mol. The van der Waals surface area contributed by atoms with Crippen molar-refractivity contribution >= 4 is 6.03 Å². The van der Waals surface area contributed by atoms with Crippen molar-refractivity contribution in [1.29, 1.82) is 0 Å². The first kappa shape index (κ1) is 8.81. The van der Waals surface area contributed by atoms with Gasteiger partial charge in [0, 0.05) is 32.6 Å². The molecule has 0 radical (unpaired) electrons. The zero-order valence-electron chi connectivity index (χ0n) is 8.16. The van der Waals surface area contributed by atoms with E-state index >= 15 is 0 Å². The Hall–Kier alpha value is -0.770. The maximum Gasteiger partial charge on any atom is 0.319 e. The number of carbonyl (C=O) groups excluding carboxylic acids is 1. The lowest BCUT2D eigenvalue weighted by Gasteiger charge is -2.52. The number of hydrogen-bond donors (Lipinski definition) is 1. The van der Waals surface area contributed by atoms with Crippen LogP contribution in [0.15, 0.2) is 0 Å². The first-order valence-corrected chi connectivity index (χ1v) is 4.67. The van der Waals surface area contributed by atoms with Gasteiger partial charge in [0.1, 0.15) is 0 Å². The number of hydrogen-bond acceptors (Lipinski definition) is 2. The zero-order valence-corrected chi connectivity index (χ0v) is 8.16. The second-order valence-corrected chi connectivity index (χ2v) is 4.56. The molecule has 1 N–H and O–H groups in total. The molecule has 1 saturated heterocycles. The Morgan fingerprint density at radius 2 is 1.77 bits per heavy atom. The van der Waals surface area contributed by atoms with Crippen LogP contribution in [0.5, 0.6) is 0 Å². The summed E-state index contributed by atoms with van der Waals surface area (Å²) in [5.41, 5.74) is 0.177. The van der Waals surface area contributed by atoms with Crippen molar-refractivity contribution in [2.75, 3.05) is 27.2 Å². The molecule has 4 nitrogen and oxygen atoms in total. The Labute approximate surface area is 78.1 Å². The van der Waals surface area contributed by atoms with E-state index in [4.69, 9.17) is 0 Å². The highest BCUT2D eigenvalue weighted by atomic mass is 16.3. The molecule has 4 heteroatoms. The molecule has 13 heavy (non-hydrogen) atoms. The third-order valence-corrected chi connectivity index (χ3v) is 3.14. The van der Waals surface area contributed by atoms with E-state index < -0.39 is 0 Å². The fourth-order valence-electron chi connectivity index (χ4n) is 2.68. The van der Waals surface area contributed by atoms with E-state index in [1.54, 1.807) is 9.80 Å². The lowest BCUT2D eigenvalue weighted by atomic mass is 9.65. The van der Waals surface area contributed by atoms with Crippen LogP contribution >= 0.6 is 0 Å². The molecule has 0 bridgehead atoms. The van der Waals surface area contributed by atoms with E-state index in [2.05, 4.69) is 0 Å². The standard InChI is InChI=1S/C9H16N2O2/c1-10-5-9(3-7(12)4-9)6-11(2)8(10)13/h7,12H,3-6H2,1-2H3. The SMILES string of the molecule is CN1CC2(CC(O)C2)CN(C)C1=O. The summed E-state index contributed by atoms with van der Waals surface area (Å²) in [5, 5.41) is 9.28. The molecule has 2 fully saturated rings. The number of carbonyl (C=O) groups is 1. The van der Waals surface area contributed by atoms with Gasteiger partial charge >= 0.3 is 6.03 Å². The van der Waals surface area contributed by atoms with E-state index in [0.29, 0.717) is 0 Å². The number of amides is 2. The van der Waals surface area contributed by atoms with Gasteiger partial charge in [0.2, 0.25) is 0 Å². The summed E-state index contributed by atoms with van der Waals surface area (Å²) >= 11 is 0. The van der Waals surface area contributed by atoms with Crippen molar-refractivity contribution in [2.45, 2.75) is 18.9 Å². The zero-order chi connectivity index (χ0) is 9.64. The quantitative estimate of drug-likeness (QED) is 0.581. The van der Waals surface area contributed by atoms with Gasteiger partial charge in [-0.1, -0.05) is 0 Å². The Kier molecular flexibility index (Phi) is 1.77. The summed E-state index contributed by atoms with van der Waals surface area (Å²) in [7, 11) is 3.65. The van der Waals surface area contributed by atoms with Crippen molar-refractivity contribution in [3.63, 3.8) is 0 Å². The Balaban J connectivity index is 2.06. The fourth-order valence-corrected chi connectivity index (χ4v) is 2.68. The highest BCUT2D eigenvalue weighted by Gasteiger charge is 2.48. The van der Waals surface area contributed by atoms with Gasteiger partial charge in [-0.25, -0.2) is 4.79 Å². The number of urea groups is 1. The molecular formula is C9H16N2O2. The number of aliphatic hydroxyl groups is 1. The molecule has 0 atom stereocenters. The monoisotopic (exact) mass is 184 g/mol. The van der Waals surface area contributed by atoms with Gasteiger partial charge in [0.25, 0.3) is 0 Å². The van der Waals surface area contributed by atoms with Gasteiger partial charge in [-0.15, -0.1) is 0 Å². The number of nitrogens with zero attached hydrogens (tertiary/aromatic N) is 2. The molecule has 2 aliphatic rings. The molecule has 1 aliphatic heterocycles. The summed E-state index contributed by atoms with van der Waals surface area (Å²) < 4.78 is 0. The number of rotatable bonds is 0. The van der Waals surface area contributed by atoms with E-state index in [-0.39, 0.29) is 17.6 Å². The van der Waals surface area contributed by atoms with Crippen molar-refractivity contribution in [3.05, 3.63) is 0 Å². The smallest absolute Gasteiger partial charge is 0.319 e. The molecule has 2 rings (SSSR count). The normalized spacial score (nSPS) is 28.1. The molecule has 0 aromatic heterocycles. The lowest BCUT2D eigenvalue weighted by Crippen LogP contribution is -2.61. The predicted octanol–water partition coefficient (Wildman–Crippen LogP) is 0.125. The van der Waals surface area contributed by atoms with Crippen molar-refractivity contribution < 1.29 is 9.90 Å². The maximum absolute atomic E-state index is 11.4. The first-order valence-electron chi connectivity index (χ1n) is 4.67. The van der Waals surface area contributed by atoms with Gasteiger partial charge in [-0.3, -0.25) is 0 Å². The molecule has 1 heterocycles. The Morgan fingerprint density at radius 1 is 1.31 bits per heavy atom. The first-order chi connectivity index (χ1) is 6.02. The maximum atomic E-state index is 11.4. The summed E-state index contributed by atoms with van der Waals surface area (Å²) in [6.07, 6.45) is 1.54. The van der Waals surface area contributed by atoms with Crippen LogP contribution in [-0.2, 0) is 0 Å². The third-order valence-electron chi connectivity index (χ3n) is 3.14. The van der Waals surface area contributed by atoms with Gasteiger partial charge < -0.3 is 14.9 Å². The fraction of sp³-hybridized carbons (Fsp3) is 0.889. The minimum atomic E-state index is -0.144. The molecule has 0 unspecified atom stereocenters. The van der Waals surface area contributed by atoms with Crippen molar-refractivity contribution in [1.82, 2.24) is 9.80 Å². The van der Waals surface area contributed by atoms with Crippen LogP contribution in [0.2, 0.25) is 0 Å². The molecule has 2 amide bonds. The minimum absolute atomic E-state index is 0.0898. The van der Waals surface area contributed by atoms with Gasteiger partial charge in [-0.2, -0.15) is 0 Å². The largest absolute Gasteiger partial charge is 0.393 e. The van der Waals surface area contributed by atoms with Crippen molar-refractivity contribution in [2.24, 2.45) is 5.41 Å². The van der Waals surface area contributed by atoms with Crippen LogP contribution < -0.4 is 0 Å². The highest BCUT2D eigenvalue weighted by molar-refractivity contribution is 5.75. The van der Waals surface area contributed by atoms with Crippen LogP contribution in [0, 0.1) is 5.41 Å². The molecule has 1 saturated carbocycles. The summed E-state index contributed by atoms with van der Waals surface area (Å²) in [6.45, 7) is 1.60. The van der Waals surface area contributed by atoms with E-state index in [1.165, 1.54) is 0 Å². The number of aliphatic hydroxyl groups excluding tert-OH is 1. The van der Waals surface area contributed by atoms with Crippen LogP contribution in [-0.4, -0.2) is 54.2 Å². The second-order valence-electron chi connectivity index (χ2n) is 4.56. The third kappa shape index (κ3) is 1.29. The summed E-state index contributed by atoms with van der Waals surface area (Å²) in [5.74, 6) is 0. The second kappa shape index (κ2) is 2.61. The van der Waals surface area contributed by atoms with Crippen LogP contribution in [0.25, 0.3) is 0 Å². The van der Waals surface area contributed by atoms with Crippen molar-refractivity contribution in [3.8, 4) is 0 Å². The summed E-state index contributed by atoms with van der Waals surface area (Å²) in [4.78, 5) is 14.9. The molecule has 74 valence electrons. The van der Waals surface area contributed by atoms with Gasteiger partial charge in [-0.05, 0) is 12.8 Å². The van der Waals surface area contributed by atoms with Crippen LogP contribution in [0.4, 0.5) is 4.79 Å². The highest BCUT2D eigenvalue weighted by Crippen LogP contribution is 2.44. The molecule has 1 aliphatic carbocycles. The topological polar surface area (TPSA) is 43.8 Å². The molecule has 1 spiro atoms. The Bertz CT molecular complexity index is 220. The molecule has 0 aromatic rings. The summed E-state index contributed by atoms with van der Waals surface area (Å²) in [6, 6.07) is 0.0898. The molecular weight excluding hydrogens is 168 g/mol. The van der Waals surface area contributed by atoms with Gasteiger partial charge in [0.05, 0.1) is 6.10 Å². The average molecular weight is 184 g/mol.